The second-order valence-corrected chi connectivity index (χ2v) is 3.57. The fraction of sp³-hybridized carbons (Fsp3) is 0.364. The highest BCUT2D eigenvalue weighted by atomic mass is 16.5. The summed E-state index contributed by atoms with van der Waals surface area (Å²) in [5.74, 6) is 0. The molecule has 80 valence electrons. The van der Waals surface area contributed by atoms with E-state index in [9.17, 15) is 5.11 Å². The van der Waals surface area contributed by atoms with Crippen molar-refractivity contribution >= 4 is 0 Å². The molecular formula is C11H14N2O2. The van der Waals surface area contributed by atoms with Crippen molar-refractivity contribution in [1.82, 2.24) is 9.72 Å². The molecule has 4 heteroatoms. The molecule has 1 atom stereocenters. The minimum atomic E-state index is -0.367. The van der Waals surface area contributed by atoms with Gasteiger partial charge in [-0.3, -0.25) is 0 Å². The Labute approximate surface area is 88.1 Å². The van der Waals surface area contributed by atoms with Crippen LogP contribution in [0.15, 0.2) is 35.4 Å². The molecule has 0 amide bonds. The summed E-state index contributed by atoms with van der Waals surface area (Å²) in [6.45, 7) is 2.68. The predicted molar refractivity (Wildman–Crippen MR) is 55.3 cm³/mol. The minimum Gasteiger partial charge on any atom is -0.388 e. The Hall–Kier alpha value is -1.55. The zero-order valence-corrected chi connectivity index (χ0v) is 8.63. The molecule has 15 heavy (non-hydrogen) atoms. The van der Waals surface area contributed by atoms with Gasteiger partial charge in [0.15, 0.2) is 0 Å². The average molecular weight is 206 g/mol. The van der Waals surface area contributed by atoms with E-state index in [1.165, 1.54) is 0 Å². The minimum absolute atomic E-state index is 0.367. The highest BCUT2D eigenvalue weighted by Crippen LogP contribution is 2.16. The van der Waals surface area contributed by atoms with Crippen LogP contribution in [0, 0.1) is 0 Å². The van der Waals surface area contributed by atoms with Crippen molar-refractivity contribution in [1.29, 1.82) is 0 Å². The SMILES string of the molecule is CCC(O)c1ccn(Cc2cnoc2)c1. The van der Waals surface area contributed by atoms with Crippen LogP contribution in [0.2, 0.25) is 0 Å². The van der Waals surface area contributed by atoms with Gasteiger partial charge in [-0.1, -0.05) is 12.1 Å². The van der Waals surface area contributed by atoms with Gasteiger partial charge in [0, 0.05) is 18.0 Å². The Bertz CT molecular complexity index is 406. The normalized spacial score (nSPS) is 12.9. The molecule has 0 aliphatic heterocycles. The summed E-state index contributed by atoms with van der Waals surface area (Å²) in [4.78, 5) is 0. The van der Waals surface area contributed by atoms with Gasteiger partial charge >= 0.3 is 0 Å². The monoisotopic (exact) mass is 206 g/mol. The molecule has 0 aromatic carbocycles. The quantitative estimate of drug-likeness (QED) is 0.832. The summed E-state index contributed by atoms with van der Waals surface area (Å²) in [5.41, 5.74) is 1.97. The Kier molecular flexibility index (Phi) is 2.87. The lowest BCUT2D eigenvalue weighted by molar-refractivity contribution is 0.173. The van der Waals surface area contributed by atoms with Gasteiger partial charge in [-0.2, -0.15) is 0 Å². The van der Waals surface area contributed by atoms with E-state index in [4.69, 9.17) is 4.52 Å². The fourth-order valence-electron chi connectivity index (χ4n) is 1.51. The van der Waals surface area contributed by atoms with E-state index < -0.39 is 0 Å². The lowest BCUT2D eigenvalue weighted by Gasteiger charge is -2.03. The largest absolute Gasteiger partial charge is 0.388 e. The topological polar surface area (TPSA) is 51.2 Å². The van der Waals surface area contributed by atoms with Crippen LogP contribution in [0.25, 0.3) is 0 Å². The van der Waals surface area contributed by atoms with Gasteiger partial charge in [0.1, 0.15) is 6.26 Å². The predicted octanol–water partition coefficient (Wildman–Crippen LogP) is 1.97. The molecule has 0 fully saturated rings. The summed E-state index contributed by atoms with van der Waals surface area (Å²) < 4.78 is 6.75. The second kappa shape index (κ2) is 4.31. The number of aromatic nitrogens is 2. The third-order valence-corrected chi connectivity index (χ3v) is 2.39. The van der Waals surface area contributed by atoms with Gasteiger partial charge < -0.3 is 14.2 Å². The van der Waals surface area contributed by atoms with Crippen LogP contribution in [0.5, 0.6) is 0 Å². The highest BCUT2D eigenvalue weighted by Gasteiger charge is 2.06. The van der Waals surface area contributed by atoms with Crippen molar-refractivity contribution in [2.24, 2.45) is 0 Å². The van der Waals surface area contributed by atoms with Crippen LogP contribution >= 0.6 is 0 Å². The van der Waals surface area contributed by atoms with Crippen LogP contribution in [-0.4, -0.2) is 14.8 Å². The summed E-state index contributed by atoms with van der Waals surface area (Å²) in [6, 6.07) is 1.93. The Balaban J connectivity index is 2.07. The Morgan fingerprint density at radius 2 is 2.47 bits per heavy atom. The van der Waals surface area contributed by atoms with Crippen molar-refractivity contribution in [3.8, 4) is 0 Å². The Morgan fingerprint density at radius 1 is 1.60 bits per heavy atom. The summed E-state index contributed by atoms with van der Waals surface area (Å²) >= 11 is 0. The molecule has 4 nitrogen and oxygen atoms in total. The molecule has 2 heterocycles. The van der Waals surface area contributed by atoms with Crippen LogP contribution in [0.3, 0.4) is 0 Å². The number of nitrogens with zero attached hydrogens (tertiary/aromatic N) is 2. The van der Waals surface area contributed by atoms with E-state index in [-0.39, 0.29) is 6.10 Å². The van der Waals surface area contributed by atoms with Crippen molar-refractivity contribution in [2.75, 3.05) is 0 Å². The first-order valence-corrected chi connectivity index (χ1v) is 5.01. The zero-order valence-electron chi connectivity index (χ0n) is 8.63. The molecule has 0 spiro atoms. The first-order valence-electron chi connectivity index (χ1n) is 5.01. The molecule has 0 saturated heterocycles. The summed E-state index contributed by atoms with van der Waals surface area (Å²) in [7, 11) is 0. The van der Waals surface area contributed by atoms with Gasteiger partial charge in [-0.15, -0.1) is 0 Å². The lowest BCUT2D eigenvalue weighted by atomic mass is 10.1. The maximum absolute atomic E-state index is 9.62. The van der Waals surface area contributed by atoms with Gasteiger partial charge in [-0.05, 0) is 18.1 Å². The van der Waals surface area contributed by atoms with Crippen molar-refractivity contribution in [3.05, 3.63) is 42.0 Å². The highest BCUT2D eigenvalue weighted by molar-refractivity contribution is 5.15. The lowest BCUT2D eigenvalue weighted by Crippen LogP contribution is -1.96. The van der Waals surface area contributed by atoms with Crippen LogP contribution < -0.4 is 0 Å². The second-order valence-electron chi connectivity index (χ2n) is 3.57. The third-order valence-electron chi connectivity index (χ3n) is 2.39. The van der Waals surface area contributed by atoms with Gasteiger partial charge in [0.05, 0.1) is 18.8 Å². The Morgan fingerprint density at radius 3 is 3.13 bits per heavy atom. The van der Waals surface area contributed by atoms with Gasteiger partial charge in [-0.25, -0.2) is 0 Å². The van der Waals surface area contributed by atoms with Gasteiger partial charge in [0.25, 0.3) is 0 Å². The van der Waals surface area contributed by atoms with Crippen LogP contribution in [0.1, 0.15) is 30.6 Å². The van der Waals surface area contributed by atoms with Crippen LogP contribution in [0.4, 0.5) is 0 Å². The van der Waals surface area contributed by atoms with Gasteiger partial charge in [0.2, 0.25) is 0 Å². The maximum atomic E-state index is 9.62. The standard InChI is InChI=1S/C11H14N2O2/c1-2-11(14)10-3-4-13(7-10)6-9-5-12-15-8-9/h3-5,7-8,11,14H,2,6H2,1H3. The number of hydrogen-bond acceptors (Lipinski definition) is 3. The average Bonchev–Trinajstić information content (AvgIpc) is 2.88. The molecule has 0 aliphatic rings. The maximum Gasteiger partial charge on any atom is 0.128 e. The van der Waals surface area contributed by atoms with Crippen molar-refractivity contribution in [2.45, 2.75) is 26.0 Å². The number of aliphatic hydroxyl groups excluding tert-OH is 1. The summed E-state index contributed by atoms with van der Waals surface area (Å²) in [5, 5.41) is 13.3. The molecule has 2 aromatic heterocycles. The molecule has 1 N–H and O–H groups in total. The zero-order chi connectivity index (χ0) is 10.7. The fourth-order valence-corrected chi connectivity index (χ4v) is 1.51. The molecule has 1 unspecified atom stereocenters. The van der Waals surface area contributed by atoms with E-state index in [1.54, 1.807) is 12.5 Å². The molecule has 2 rings (SSSR count). The molecule has 0 bridgehead atoms. The first-order chi connectivity index (χ1) is 7.29. The van der Waals surface area contributed by atoms with E-state index in [2.05, 4.69) is 5.16 Å². The smallest absolute Gasteiger partial charge is 0.128 e. The third kappa shape index (κ3) is 2.27. The molecule has 0 aliphatic carbocycles. The van der Waals surface area contributed by atoms with E-state index in [1.807, 2.05) is 30.0 Å². The molecule has 0 saturated carbocycles. The van der Waals surface area contributed by atoms with E-state index >= 15 is 0 Å². The van der Waals surface area contributed by atoms with E-state index in [0.29, 0.717) is 0 Å². The van der Waals surface area contributed by atoms with E-state index in [0.717, 1.165) is 24.1 Å². The van der Waals surface area contributed by atoms with Crippen molar-refractivity contribution in [3.63, 3.8) is 0 Å². The first kappa shape index (κ1) is 9.98. The molecular weight excluding hydrogens is 192 g/mol. The molecule has 0 radical (unpaired) electrons. The number of aliphatic hydroxyl groups is 1. The number of rotatable bonds is 4. The summed E-state index contributed by atoms with van der Waals surface area (Å²) in [6.07, 6.45) is 7.57. The van der Waals surface area contributed by atoms with Crippen LogP contribution in [-0.2, 0) is 6.54 Å². The molecule has 2 aromatic rings. The number of hydrogen-bond donors (Lipinski definition) is 1. The van der Waals surface area contributed by atoms with Crippen molar-refractivity contribution < 1.29 is 9.63 Å².